The van der Waals surface area contributed by atoms with Gasteiger partial charge in [-0.05, 0) is 26.7 Å². The average Bonchev–Trinajstić information content (AvgIpc) is 1.85. The molecular weight excluding hydrogens is 122 g/mol. The van der Waals surface area contributed by atoms with Crippen LogP contribution in [0.15, 0.2) is 24.3 Å². The Morgan fingerprint density at radius 3 is 2.50 bits per heavy atom. The minimum Gasteiger partial charge on any atom is -0.310 e. The summed E-state index contributed by atoms with van der Waals surface area (Å²) in [5, 5.41) is 7.15. The van der Waals surface area contributed by atoms with Crippen LogP contribution in [0.3, 0.4) is 0 Å². The van der Waals surface area contributed by atoms with Crippen LogP contribution in [-0.2, 0) is 0 Å². The standard InChI is InChI=1S/C9H15N/c1-4-5-8(2)6-7-9(3)10/h4-5,10H,2,6-7H2,1,3H3/b5-4-,10-9?. The quantitative estimate of drug-likeness (QED) is 0.455. The van der Waals surface area contributed by atoms with Gasteiger partial charge < -0.3 is 5.41 Å². The zero-order valence-corrected chi connectivity index (χ0v) is 6.78. The molecule has 0 amide bonds. The lowest BCUT2D eigenvalue weighted by molar-refractivity contribution is 1.03. The van der Waals surface area contributed by atoms with Crippen LogP contribution < -0.4 is 0 Å². The first-order valence-electron chi connectivity index (χ1n) is 3.51. The fourth-order valence-electron chi connectivity index (χ4n) is 0.667. The highest BCUT2D eigenvalue weighted by atomic mass is 14.4. The fourth-order valence-corrected chi connectivity index (χ4v) is 0.667. The van der Waals surface area contributed by atoms with Crippen LogP contribution in [0.25, 0.3) is 0 Å². The minimum atomic E-state index is 0.727. The monoisotopic (exact) mass is 137 g/mol. The third-order valence-corrected chi connectivity index (χ3v) is 1.22. The summed E-state index contributed by atoms with van der Waals surface area (Å²) in [4.78, 5) is 0. The Balaban J connectivity index is 3.50. The largest absolute Gasteiger partial charge is 0.310 e. The fraction of sp³-hybridized carbons (Fsp3) is 0.444. The minimum absolute atomic E-state index is 0.727. The lowest BCUT2D eigenvalue weighted by atomic mass is 10.1. The molecule has 0 rings (SSSR count). The SMILES string of the molecule is C=C(/C=C\C)CCC(C)=N. The maximum Gasteiger partial charge on any atom is 0.00615 e. The molecule has 0 aliphatic carbocycles. The van der Waals surface area contributed by atoms with E-state index in [1.165, 1.54) is 0 Å². The van der Waals surface area contributed by atoms with Gasteiger partial charge in [-0.25, -0.2) is 0 Å². The van der Waals surface area contributed by atoms with E-state index in [1.807, 2.05) is 26.0 Å². The van der Waals surface area contributed by atoms with Crippen molar-refractivity contribution >= 4 is 5.71 Å². The summed E-state index contributed by atoms with van der Waals surface area (Å²) >= 11 is 0. The molecule has 10 heavy (non-hydrogen) atoms. The Morgan fingerprint density at radius 1 is 1.50 bits per heavy atom. The highest BCUT2D eigenvalue weighted by Crippen LogP contribution is 2.03. The van der Waals surface area contributed by atoms with Crippen molar-refractivity contribution in [3.63, 3.8) is 0 Å². The third kappa shape index (κ3) is 5.29. The van der Waals surface area contributed by atoms with Crippen LogP contribution in [0.1, 0.15) is 26.7 Å². The molecule has 1 nitrogen and oxygen atoms in total. The highest BCUT2D eigenvalue weighted by Gasteiger charge is 1.89. The summed E-state index contributed by atoms with van der Waals surface area (Å²) in [6.45, 7) is 7.63. The number of hydrogen-bond acceptors (Lipinski definition) is 1. The summed E-state index contributed by atoms with van der Waals surface area (Å²) < 4.78 is 0. The first-order valence-corrected chi connectivity index (χ1v) is 3.51. The van der Waals surface area contributed by atoms with Crippen molar-refractivity contribution < 1.29 is 0 Å². The molecule has 0 fully saturated rings. The van der Waals surface area contributed by atoms with E-state index in [4.69, 9.17) is 5.41 Å². The number of hydrogen-bond donors (Lipinski definition) is 1. The van der Waals surface area contributed by atoms with E-state index in [0.717, 1.165) is 24.1 Å². The van der Waals surface area contributed by atoms with Crippen molar-refractivity contribution in [1.29, 1.82) is 5.41 Å². The summed E-state index contributed by atoms with van der Waals surface area (Å²) in [6.07, 6.45) is 5.72. The molecule has 0 heterocycles. The first-order chi connectivity index (χ1) is 4.66. The third-order valence-electron chi connectivity index (χ3n) is 1.22. The normalized spacial score (nSPS) is 10.2. The molecule has 0 aromatic rings. The van der Waals surface area contributed by atoms with E-state index in [9.17, 15) is 0 Å². The first kappa shape index (κ1) is 9.15. The van der Waals surface area contributed by atoms with Gasteiger partial charge in [0.2, 0.25) is 0 Å². The zero-order chi connectivity index (χ0) is 7.98. The van der Waals surface area contributed by atoms with Crippen LogP contribution >= 0.6 is 0 Å². The molecule has 1 heteroatoms. The van der Waals surface area contributed by atoms with Crippen molar-refractivity contribution in [1.82, 2.24) is 0 Å². The summed E-state index contributed by atoms with van der Waals surface area (Å²) in [7, 11) is 0. The topological polar surface area (TPSA) is 23.9 Å². The second-order valence-electron chi connectivity index (χ2n) is 2.44. The molecular formula is C9H15N. The Hall–Kier alpha value is -0.850. The van der Waals surface area contributed by atoms with Crippen molar-refractivity contribution in [2.24, 2.45) is 0 Å². The van der Waals surface area contributed by atoms with Gasteiger partial charge in [-0.2, -0.15) is 0 Å². The molecule has 1 N–H and O–H groups in total. The van der Waals surface area contributed by atoms with Crippen LogP contribution in [0.4, 0.5) is 0 Å². The van der Waals surface area contributed by atoms with E-state index < -0.39 is 0 Å². The molecule has 0 saturated carbocycles. The summed E-state index contributed by atoms with van der Waals surface area (Å²) in [5.41, 5.74) is 1.83. The van der Waals surface area contributed by atoms with Crippen molar-refractivity contribution in [3.05, 3.63) is 24.3 Å². The number of rotatable bonds is 4. The lowest BCUT2D eigenvalue weighted by Gasteiger charge is -1.96. The van der Waals surface area contributed by atoms with Gasteiger partial charge in [0.15, 0.2) is 0 Å². The Kier molecular flexibility index (Phi) is 4.55. The lowest BCUT2D eigenvalue weighted by Crippen LogP contribution is -1.88. The van der Waals surface area contributed by atoms with Gasteiger partial charge >= 0.3 is 0 Å². The predicted molar refractivity (Wildman–Crippen MR) is 46.6 cm³/mol. The van der Waals surface area contributed by atoms with Crippen LogP contribution in [0.5, 0.6) is 0 Å². The van der Waals surface area contributed by atoms with E-state index in [2.05, 4.69) is 6.58 Å². The van der Waals surface area contributed by atoms with Gasteiger partial charge in [0, 0.05) is 5.71 Å². The van der Waals surface area contributed by atoms with E-state index in [1.54, 1.807) is 0 Å². The Bertz CT molecular complexity index is 154. The van der Waals surface area contributed by atoms with Gasteiger partial charge in [0.1, 0.15) is 0 Å². The molecule has 0 aliphatic heterocycles. The molecule has 0 aliphatic rings. The van der Waals surface area contributed by atoms with Gasteiger partial charge in [0.25, 0.3) is 0 Å². The molecule has 0 spiro atoms. The molecule has 0 atom stereocenters. The van der Waals surface area contributed by atoms with E-state index in [-0.39, 0.29) is 0 Å². The van der Waals surface area contributed by atoms with Crippen molar-refractivity contribution in [2.75, 3.05) is 0 Å². The maximum atomic E-state index is 7.15. The number of allylic oxidation sites excluding steroid dienone is 3. The van der Waals surface area contributed by atoms with E-state index in [0.29, 0.717) is 0 Å². The zero-order valence-electron chi connectivity index (χ0n) is 6.78. The molecule has 0 unspecified atom stereocenters. The number of nitrogens with one attached hydrogen (secondary N) is 1. The van der Waals surface area contributed by atoms with Crippen molar-refractivity contribution in [3.8, 4) is 0 Å². The van der Waals surface area contributed by atoms with Crippen molar-refractivity contribution in [2.45, 2.75) is 26.7 Å². The van der Waals surface area contributed by atoms with E-state index >= 15 is 0 Å². The van der Waals surface area contributed by atoms with Crippen LogP contribution in [0.2, 0.25) is 0 Å². The molecule has 0 radical (unpaired) electrons. The van der Waals surface area contributed by atoms with Gasteiger partial charge in [-0.15, -0.1) is 0 Å². The molecule has 0 saturated heterocycles. The van der Waals surface area contributed by atoms with Crippen LogP contribution in [-0.4, -0.2) is 5.71 Å². The highest BCUT2D eigenvalue weighted by molar-refractivity contribution is 5.78. The average molecular weight is 137 g/mol. The molecule has 0 aromatic heterocycles. The molecule has 0 aromatic carbocycles. The smallest absolute Gasteiger partial charge is 0.00615 e. The molecule has 56 valence electrons. The van der Waals surface area contributed by atoms with Gasteiger partial charge in [0.05, 0.1) is 0 Å². The summed E-state index contributed by atoms with van der Waals surface area (Å²) in [6, 6.07) is 0. The maximum absolute atomic E-state index is 7.15. The van der Waals surface area contributed by atoms with Gasteiger partial charge in [-0.3, -0.25) is 0 Å². The van der Waals surface area contributed by atoms with Crippen LogP contribution in [0, 0.1) is 5.41 Å². The van der Waals surface area contributed by atoms with Gasteiger partial charge in [-0.1, -0.05) is 24.3 Å². The predicted octanol–water partition coefficient (Wildman–Crippen LogP) is 2.94. The molecule has 0 bridgehead atoms. The second kappa shape index (κ2) is 4.98. The second-order valence-corrected chi connectivity index (χ2v) is 2.44. The Morgan fingerprint density at radius 2 is 2.10 bits per heavy atom. The summed E-state index contributed by atoms with van der Waals surface area (Å²) in [5.74, 6) is 0. The Labute approximate surface area is 63.0 Å².